The van der Waals surface area contributed by atoms with Crippen LogP contribution < -0.4 is 4.74 Å². The van der Waals surface area contributed by atoms with Crippen molar-refractivity contribution in [2.45, 2.75) is 0 Å². The number of rotatable bonds is 5. The van der Waals surface area contributed by atoms with Crippen LogP contribution in [-0.4, -0.2) is 28.5 Å². The summed E-state index contributed by atoms with van der Waals surface area (Å²) in [6, 6.07) is 11.0. The number of hydrogen-bond donors (Lipinski definition) is 1. The smallest absolute Gasteiger partial charge is 0.346 e. The number of pyridine rings is 1. The maximum Gasteiger partial charge on any atom is 0.346 e. The summed E-state index contributed by atoms with van der Waals surface area (Å²) < 4.78 is 5.43. The molecule has 0 saturated heterocycles. The van der Waals surface area contributed by atoms with E-state index in [4.69, 9.17) is 16.3 Å². The summed E-state index contributed by atoms with van der Waals surface area (Å²) in [5, 5.41) is 10.3. The monoisotopic (exact) mass is 333 g/mol. The molecule has 0 amide bonds. The fraction of sp³-hybridized carbons (Fsp3) is 0.125. The number of aromatic carboxylic acids is 1. The van der Waals surface area contributed by atoms with Crippen LogP contribution in [0.25, 0.3) is 21.3 Å². The van der Waals surface area contributed by atoms with Gasteiger partial charge in [-0.1, -0.05) is 12.1 Å². The van der Waals surface area contributed by atoms with Gasteiger partial charge in [-0.15, -0.1) is 22.9 Å². The molecule has 2 heterocycles. The van der Waals surface area contributed by atoms with Gasteiger partial charge < -0.3 is 9.84 Å². The lowest BCUT2D eigenvalue weighted by Gasteiger charge is -2.06. The Kier molecular flexibility index (Phi) is 4.27. The summed E-state index contributed by atoms with van der Waals surface area (Å²) in [5.41, 5.74) is 1.53. The van der Waals surface area contributed by atoms with Gasteiger partial charge in [-0.05, 0) is 29.8 Å². The highest BCUT2D eigenvalue weighted by Crippen LogP contribution is 2.38. The van der Waals surface area contributed by atoms with Crippen molar-refractivity contribution in [3.8, 4) is 16.9 Å². The quantitative estimate of drug-likeness (QED) is 0.708. The number of ether oxygens (including phenoxy) is 1. The maximum absolute atomic E-state index is 11.5. The zero-order valence-electron chi connectivity index (χ0n) is 11.5. The van der Waals surface area contributed by atoms with E-state index >= 15 is 0 Å². The van der Waals surface area contributed by atoms with Crippen molar-refractivity contribution in [2.75, 3.05) is 12.5 Å². The number of nitrogens with zero attached hydrogens (tertiary/aromatic N) is 1. The first-order valence-corrected chi connectivity index (χ1v) is 7.96. The van der Waals surface area contributed by atoms with E-state index in [0.717, 1.165) is 15.8 Å². The summed E-state index contributed by atoms with van der Waals surface area (Å²) >= 11 is 6.77. The molecule has 0 spiro atoms. The third-order valence-corrected chi connectivity index (χ3v) is 4.41. The SMILES string of the molecule is O=C(O)c1sc2ncccc2c1-c1ccc(OCCCl)cc1. The maximum atomic E-state index is 11.5. The van der Waals surface area contributed by atoms with Gasteiger partial charge >= 0.3 is 5.97 Å². The number of benzene rings is 1. The number of fused-ring (bicyclic) bond motifs is 1. The van der Waals surface area contributed by atoms with Crippen molar-refractivity contribution in [3.63, 3.8) is 0 Å². The molecule has 112 valence electrons. The number of halogens is 1. The van der Waals surface area contributed by atoms with Gasteiger partial charge in [0.2, 0.25) is 0 Å². The second kappa shape index (κ2) is 6.34. The van der Waals surface area contributed by atoms with Gasteiger partial charge in [-0.3, -0.25) is 0 Å². The first kappa shape index (κ1) is 14.8. The Balaban J connectivity index is 2.08. The van der Waals surface area contributed by atoms with E-state index in [1.165, 1.54) is 11.3 Å². The van der Waals surface area contributed by atoms with Crippen LogP contribution in [0.15, 0.2) is 42.6 Å². The lowest BCUT2D eigenvalue weighted by Crippen LogP contribution is -1.98. The Hall–Kier alpha value is -2.11. The number of thiophene rings is 1. The van der Waals surface area contributed by atoms with Crippen LogP contribution in [0.3, 0.4) is 0 Å². The molecule has 1 aromatic carbocycles. The minimum atomic E-state index is -0.944. The van der Waals surface area contributed by atoms with Gasteiger partial charge in [-0.2, -0.15) is 0 Å². The fourth-order valence-electron chi connectivity index (χ4n) is 2.24. The topological polar surface area (TPSA) is 59.4 Å². The highest BCUT2D eigenvalue weighted by molar-refractivity contribution is 7.21. The highest BCUT2D eigenvalue weighted by atomic mass is 35.5. The second-order valence-electron chi connectivity index (χ2n) is 4.53. The Bertz CT molecular complexity index is 814. The zero-order valence-corrected chi connectivity index (χ0v) is 13.0. The van der Waals surface area contributed by atoms with E-state index in [2.05, 4.69) is 4.98 Å². The van der Waals surface area contributed by atoms with Gasteiger partial charge in [0.15, 0.2) is 0 Å². The van der Waals surface area contributed by atoms with E-state index in [-0.39, 0.29) is 0 Å². The minimum absolute atomic E-state index is 0.295. The highest BCUT2D eigenvalue weighted by Gasteiger charge is 2.19. The van der Waals surface area contributed by atoms with Crippen molar-refractivity contribution in [2.24, 2.45) is 0 Å². The lowest BCUT2D eigenvalue weighted by molar-refractivity contribution is 0.0703. The van der Waals surface area contributed by atoms with Crippen LogP contribution >= 0.6 is 22.9 Å². The van der Waals surface area contributed by atoms with E-state index in [9.17, 15) is 9.90 Å². The van der Waals surface area contributed by atoms with Crippen LogP contribution in [0.4, 0.5) is 0 Å². The molecule has 0 saturated carbocycles. The fourth-order valence-corrected chi connectivity index (χ4v) is 3.33. The molecule has 3 aromatic rings. The summed E-state index contributed by atoms with van der Waals surface area (Å²) in [6.07, 6.45) is 1.66. The standard InChI is InChI=1S/C16H12ClNO3S/c17-7-9-21-11-5-3-10(4-6-11)13-12-2-1-8-18-15(12)22-14(13)16(19)20/h1-6,8H,7,9H2,(H,19,20). The number of aromatic nitrogens is 1. The van der Waals surface area contributed by atoms with Crippen LogP contribution in [0.1, 0.15) is 9.67 Å². The molecule has 22 heavy (non-hydrogen) atoms. The van der Waals surface area contributed by atoms with E-state index in [1.807, 2.05) is 36.4 Å². The molecule has 0 unspecified atom stereocenters. The normalized spacial score (nSPS) is 10.8. The molecule has 0 bridgehead atoms. The average Bonchev–Trinajstić information content (AvgIpc) is 2.93. The van der Waals surface area contributed by atoms with Crippen LogP contribution in [0, 0.1) is 0 Å². The number of carboxylic acid groups (broad SMARTS) is 1. The Morgan fingerprint density at radius 3 is 2.73 bits per heavy atom. The van der Waals surface area contributed by atoms with Gasteiger partial charge in [0.1, 0.15) is 22.1 Å². The Morgan fingerprint density at radius 2 is 2.05 bits per heavy atom. The predicted molar refractivity (Wildman–Crippen MR) is 88.2 cm³/mol. The van der Waals surface area contributed by atoms with Crippen LogP contribution in [0.5, 0.6) is 5.75 Å². The van der Waals surface area contributed by atoms with Crippen LogP contribution in [-0.2, 0) is 0 Å². The molecule has 0 atom stereocenters. The average molecular weight is 334 g/mol. The first-order chi connectivity index (χ1) is 10.7. The summed E-state index contributed by atoms with van der Waals surface area (Å²) in [4.78, 5) is 16.8. The predicted octanol–water partition coefficient (Wildman–Crippen LogP) is 4.28. The molecule has 0 aliphatic rings. The lowest BCUT2D eigenvalue weighted by atomic mass is 10.0. The minimum Gasteiger partial charge on any atom is -0.492 e. The Morgan fingerprint density at radius 1 is 1.27 bits per heavy atom. The molecular formula is C16H12ClNO3S. The molecule has 4 nitrogen and oxygen atoms in total. The van der Waals surface area contributed by atoms with Crippen molar-refractivity contribution < 1.29 is 14.6 Å². The molecule has 0 radical (unpaired) electrons. The summed E-state index contributed by atoms with van der Waals surface area (Å²) in [5.74, 6) is 0.186. The molecule has 0 aliphatic carbocycles. The van der Waals surface area contributed by atoms with E-state index in [1.54, 1.807) is 6.20 Å². The number of carboxylic acids is 1. The van der Waals surface area contributed by atoms with E-state index < -0.39 is 5.97 Å². The summed E-state index contributed by atoms with van der Waals surface area (Å²) in [7, 11) is 0. The van der Waals surface area contributed by atoms with Crippen LogP contribution in [0.2, 0.25) is 0 Å². The van der Waals surface area contributed by atoms with Crippen molar-refractivity contribution in [1.82, 2.24) is 4.98 Å². The molecule has 0 fully saturated rings. The Labute approximate surface area is 135 Å². The van der Waals surface area contributed by atoms with Gasteiger partial charge in [-0.25, -0.2) is 9.78 Å². The molecular weight excluding hydrogens is 322 g/mol. The molecule has 2 aromatic heterocycles. The first-order valence-electron chi connectivity index (χ1n) is 6.60. The van der Waals surface area contributed by atoms with Gasteiger partial charge in [0.05, 0.1) is 5.88 Å². The molecule has 3 rings (SSSR count). The second-order valence-corrected chi connectivity index (χ2v) is 5.91. The third kappa shape index (κ3) is 2.77. The van der Waals surface area contributed by atoms with Crippen molar-refractivity contribution >= 4 is 39.1 Å². The summed E-state index contributed by atoms with van der Waals surface area (Å²) in [6.45, 7) is 0.437. The van der Waals surface area contributed by atoms with Gasteiger partial charge in [0.25, 0.3) is 0 Å². The largest absolute Gasteiger partial charge is 0.492 e. The number of alkyl halides is 1. The molecule has 6 heteroatoms. The van der Waals surface area contributed by atoms with Crippen molar-refractivity contribution in [3.05, 3.63) is 47.5 Å². The molecule has 1 N–H and O–H groups in total. The number of carbonyl (C=O) groups is 1. The van der Waals surface area contributed by atoms with Gasteiger partial charge in [0, 0.05) is 17.1 Å². The molecule has 0 aliphatic heterocycles. The van der Waals surface area contributed by atoms with E-state index in [0.29, 0.717) is 28.7 Å². The zero-order chi connectivity index (χ0) is 15.5. The third-order valence-electron chi connectivity index (χ3n) is 3.15. The number of hydrogen-bond acceptors (Lipinski definition) is 4. The van der Waals surface area contributed by atoms with Crippen molar-refractivity contribution in [1.29, 1.82) is 0 Å².